The average molecular weight is 353 g/mol. The summed E-state index contributed by atoms with van der Waals surface area (Å²) < 4.78 is 12.3. The van der Waals surface area contributed by atoms with Crippen LogP contribution < -0.4 is 20.1 Å². The smallest absolute Gasteiger partial charge is 0.139 e. The number of nitrogens with zero attached hydrogens (tertiary/aromatic N) is 2. The molecule has 0 saturated carbocycles. The highest BCUT2D eigenvalue weighted by atomic mass is 32.1. The first-order valence-corrected chi connectivity index (χ1v) is 8.75. The molecule has 0 radical (unpaired) electrons. The Labute approximate surface area is 150 Å². The molecule has 0 bridgehead atoms. The summed E-state index contributed by atoms with van der Waals surface area (Å²) in [5.41, 5.74) is 9.27. The third-order valence-corrected chi connectivity index (χ3v) is 5.61. The number of ether oxygens (including phenoxy) is 2. The number of rotatable bonds is 3. The zero-order valence-corrected chi connectivity index (χ0v) is 15.2. The predicted molar refractivity (Wildman–Crippen MR) is 104 cm³/mol. The molecule has 0 spiro atoms. The topological polar surface area (TPSA) is 60.1 Å². The third-order valence-electron chi connectivity index (χ3n) is 4.45. The predicted octanol–water partition coefficient (Wildman–Crippen LogP) is 3.70. The van der Waals surface area contributed by atoms with Crippen molar-refractivity contribution in [1.29, 1.82) is 0 Å². The average Bonchev–Trinajstić information content (AvgIpc) is 3.03. The molecule has 4 rings (SSSR count). The van der Waals surface area contributed by atoms with Crippen LogP contribution in [0.3, 0.4) is 0 Å². The van der Waals surface area contributed by atoms with E-state index in [0.717, 1.165) is 33.2 Å². The molecular weight excluding hydrogens is 334 g/mol. The molecule has 3 aromatic rings. The fraction of sp³-hybridized carbons (Fsp3) is 0.211. The zero-order valence-electron chi connectivity index (χ0n) is 14.4. The van der Waals surface area contributed by atoms with E-state index in [2.05, 4.69) is 28.1 Å². The van der Waals surface area contributed by atoms with E-state index in [1.165, 1.54) is 10.1 Å². The second-order valence-electron chi connectivity index (χ2n) is 5.91. The fourth-order valence-electron chi connectivity index (χ4n) is 3.25. The maximum absolute atomic E-state index is 6.11. The molecule has 0 amide bonds. The SMILES string of the molecule is COc1cccc(OC)c1-c1ccc2c3c(sc2c1)C(N)=NCN3C. The van der Waals surface area contributed by atoms with Crippen LogP contribution in [0.2, 0.25) is 0 Å². The molecule has 0 fully saturated rings. The maximum atomic E-state index is 6.11. The van der Waals surface area contributed by atoms with Crippen LogP contribution in [0.25, 0.3) is 21.2 Å². The summed E-state index contributed by atoms with van der Waals surface area (Å²) in [6.45, 7) is 0.590. The van der Waals surface area contributed by atoms with Crippen LogP contribution in [-0.2, 0) is 0 Å². The summed E-state index contributed by atoms with van der Waals surface area (Å²) in [4.78, 5) is 7.54. The van der Waals surface area contributed by atoms with Crippen molar-refractivity contribution in [3.05, 3.63) is 41.3 Å². The van der Waals surface area contributed by atoms with Crippen LogP contribution >= 0.6 is 11.3 Å². The number of hydrogen-bond acceptors (Lipinski definition) is 6. The molecule has 128 valence electrons. The monoisotopic (exact) mass is 353 g/mol. The zero-order chi connectivity index (χ0) is 17.6. The molecule has 5 nitrogen and oxygen atoms in total. The van der Waals surface area contributed by atoms with E-state index in [9.17, 15) is 0 Å². The molecule has 6 heteroatoms. The molecule has 1 aliphatic rings. The lowest BCUT2D eigenvalue weighted by Gasteiger charge is -2.22. The van der Waals surface area contributed by atoms with Gasteiger partial charge >= 0.3 is 0 Å². The van der Waals surface area contributed by atoms with Gasteiger partial charge in [-0.05, 0) is 23.8 Å². The molecule has 2 aromatic carbocycles. The highest BCUT2D eigenvalue weighted by Gasteiger charge is 2.22. The quantitative estimate of drug-likeness (QED) is 0.780. The lowest BCUT2D eigenvalue weighted by Crippen LogP contribution is -2.28. The minimum atomic E-state index is 0.590. The van der Waals surface area contributed by atoms with E-state index in [1.54, 1.807) is 25.6 Å². The van der Waals surface area contributed by atoms with Gasteiger partial charge in [0.1, 0.15) is 24.0 Å². The molecule has 1 aromatic heterocycles. The Bertz CT molecular complexity index is 971. The van der Waals surface area contributed by atoms with Gasteiger partial charge in [0.25, 0.3) is 0 Å². The first kappa shape index (κ1) is 15.8. The molecule has 1 aliphatic heterocycles. The second kappa shape index (κ2) is 5.97. The Morgan fingerprint density at radius 2 is 1.84 bits per heavy atom. The highest BCUT2D eigenvalue weighted by Crippen LogP contribution is 2.44. The van der Waals surface area contributed by atoms with Gasteiger partial charge in [-0.15, -0.1) is 11.3 Å². The van der Waals surface area contributed by atoms with Crippen molar-refractivity contribution in [2.45, 2.75) is 0 Å². The second-order valence-corrected chi connectivity index (χ2v) is 6.96. The molecule has 0 saturated heterocycles. The van der Waals surface area contributed by atoms with Crippen molar-refractivity contribution >= 4 is 32.9 Å². The third kappa shape index (κ3) is 2.41. The summed E-state index contributed by atoms with van der Waals surface area (Å²) in [5, 5.41) is 1.19. The van der Waals surface area contributed by atoms with Crippen LogP contribution in [0.4, 0.5) is 5.69 Å². The molecular formula is C19H19N3O2S. The summed E-state index contributed by atoms with van der Waals surface area (Å²) in [6.07, 6.45) is 0. The minimum absolute atomic E-state index is 0.590. The fourth-order valence-corrected chi connectivity index (χ4v) is 4.46. The summed E-state index contributed by atoms with van der Waals surface area (Å²) in [7, 11) is 5.39. The maximum Gasteiger partial charge on any atom is 0.139 e. The van der Waals surface area contributed by atoms with Crippen LogP contribution in [0.15, 0.2) is 41.4 Å². The largest absolute Gasteiger partial charge is 0.496 e. The van der Waals surface area contributed by atoms with E-state index in [1.807, 2.05) is 25.2 Å². The first-order chi connectivity index (χ1) is 12.1. The number of amidine groups is 1. The lowest BCUT2D eigenvalue weighted by atomic mass is 10.0. The standard InChI is InChI=1S/C19H19N3O2S/c1-22-10-21-19(20)18-17(22)12-8-7-11(9-15(12)25-18)16-13(23-2)5-4-6-14(16)24-3/h4-9H,10H2,1-3H3,(H2,20,21). The summed E-state index contributed by atoms with van der Waals surface area (Å²) in [5.74, 6) is 2.20. The minimum Gasteiger partial charge on any atom is -0.496 e. The van der Waals surface area contributed by atoms with Gasteiger partial charge in [0.2, 0.25) is 0 Å². The van der Waals surface area contributed by atoms with Gasteiger partial charge in [-0.2, -0.15) is 0 Å². The van der Waals surface area contributed by atoms with E-state index in [-0.39, 0.29) is 0 Å². The van der Waals surface area contributed by atoms with Crippen LogP contribution in [-0.4, -0.2) is 33.8 Å². The Kier molecular flexibility index (Phi) is 3.77. The Morgan fingerprint density at radius 3 is 2.52 bits per heavy atom. The van der Waals surface area contributed by atoms with Gasteiger partial charge in [-0.25, -0.2) is 4.99 Å². The van der Waals surface area contributed by atoms with Gasteiger partial charge in [-0.3, -0.25) is 0 Å². The van der Waals surface area contributed by atoms with Gasteiger partial charge in [-0.1, -0.05) is 18.2 Å². The van der Waals surface area contributed by atoms with Crippen molar-refractivity contribution < 1.29 is 9.47 Å². The molecule has 0 unspecified atom stereocenters. The number of anilines is 1. The molecule has 2 heterocycles. The number of nitrogens with two attached hydrogens (primary N) is 1. The van der Waals surface area contributed by atoms with Crippen molar-refractivity contribution in [1.82, 2.24) is 0 Å². The summed E-state index contributed by atoms with van der Waals surface area (Å²) in [6, 6.07) is 12.2. The number of aliphatic imine (C=N–C) groups is 1. The Hall–Kier alpha value is -2.73. The van der Waals surface area contributed by atoms with E-state index in [0.29, 0.717) is 12.5 Å². The first-order valence-electron chi connectivity index (χ1n) is 7.93. The normalized spacial score (nSPS) is 13.6. The lowest BCUT2D eigenvalue weighted by molar-refractivity contribution is 0.397. The number of fused-ring (bicyclic) bond motifs is 3. The van der Waals surface area contributed by atoms with Crippen molar-refractivity contribution in [3.63, 3.8) is 0 Å². The number of thiophene rings is 1. The molecule has 2 N–H and O–H groups in total. The van der Waals surface area contributed by atoms with Crippen LogP contribution in [0, 0.1) is 0 Å². The number of benzene rings is 2. The Balaban J connectivity index is 1.94. The molecule has 0 atom stereocenters. The number of hydrogen-bond donors (Lipinski definition) is 1. The Morgan fingerprint density at radius 1 is 1.12 bits per heavy atom. The van der Waals surface area contributed by atoms with E-state index < -0.39 is 0 Å². The van der Waals surface area contributed by atoms with E-state index in [4.69, 9.17) is 15.2 Å². The van der Waals surface area contributed by atoms with Crippen molar-refractivity contribution in [2.24, 2.45) is 10.7 Å². The van der Waals surface area contributed by atoms with Gasteiger partial charge in [0.15, 0.2) is 0 Å². The van der Waals surface area contributed by atoms with Gasteiger partial charge in [0.05, 0.1) is 30.3 Å². The van der Waals surface area contributed by atoms with Gasteiger partial charge in [0, 0.05) is 17.1 Å². The highest BCUT2D eigenvalue weighted by molar-refractivity contribution is 7.21. The molecule has 0 aliphatic carbocycles. The number of methoxy groups -OCH3 is 2. The summed E-state index contributed by atoms with van der Waals surface area (Å²) >= 11 is 1.67. The van der Waals surface area contributed by atoms with Crippen molar-refractivity contribution in [2.75, 3.05) is 32.8 Å². The van der Waals surface area contributed by atoms with Crippen LogP contribution in [0.5, 0.6) is 11.5 Å². The van der Waals surface area contributed by atoms with E-state index >= 15 is 0 Å². The van der Waals surface area contributed by atoms with Crippen LogP contribution in [0.1, 0.15) is 4.88 Å². The van der Waals surface area contributed by atoms with Gasteiger partial charge < -0.3 is 20.1 Å². The van der Waals surface area contributed by atoms with Crippen molar-refractivity contribution in [3.8, 4) is 22.6 Å². The molecule has 25 heavy (non-hydrogen) atoms.